The average Bonchev–Trinajstić information content (AvgIpc) is 3.27. The van der Waals surface area contributed by atoms with Crippen LogP contribution >= 0.6 is 0 Å². The molecule has 0 bridgehead atoms. The summed E-state index contributed by atoms with van der Waals surface area (Å²) in [5.41, 5.74) is 0.769. The Kier molecular flexibility index (Phi) is 5.76. The Bertz CT molecular complexity index is 859. The predicted molar refractivity (Wildman–Crippen MR) is 108 cm³/mol. The molecule has 1 aromatic carbocycles. The summed E-state index contributed by atoms with van der Waals surface area (Å²) in [6.07, 6.45) is 2.01. The Hall–Kier alpha value is -2.15. The number of benzene rings is 1. The van der Waals surface area contributed by atoms with Gasteiger partial charge in [-0.3, -0.25) is 9.69 Å². The number of carbonyl (C=O) groups excluding carboxylic acids is 1. The largest absolute Gasteiger partial charge is 0.490 e. The molecule has 0 radical (unpaired) electrons. The fraction of sp³-hybridized carbons (Fsp3) is 0.591. The highest BCUT2D eigenvalue weighted by atomic mass is 19.3. The van der Waals surface area contributed by atoms with E-state index in [1.165, 1.54) is 0 Å². The molecule has 1 aromatic heterocycles. The lowest BCUT2D eigenvalue weighted by Crippen LogP contribution is -2.48. The maximum atomic E-state index is 12.8. The number of alkyl halides is 2. The van der Waals surface area contributed by atoms with Crippen LogP contribution in [0.5, 0.6) is 5.75 Å². The smallest absolute Gasteiger partial charge is 0.256 e. The van der Waals surface area contributed by atoms with E-state index in [1.807, 2.05) is 29.2 Å². The Morgan fingerprint density at radius 2 is 1.86 bits per heavy atom. The molecule has 2 aromatic rings. The van der Waals surface area contributed by atoms with E-state index >= 15 is 0 Å². The first-order chi connectivity index (χ1) is 13.9. The van der Waals surface area contributed by atoms with Gasteiger partial charge in [0.25, 0.3) is 6.43 Å². The van der Waals surface area contributed by atoms with Crippen molar-refractivity contribution >= 4 is 16.8 Å². The molecule has 4 rings (SSSR count). The van der Waals surface area contributed by atoms with Gasteiger partial charge in [-0.05, 0) is 51.3 Å². The van der Waals surface area contributed by atoms with Crippen molar-refractivity contribution < 1.29 is 18.3 Å². The Balaban J connectivity index is 1.38. The zero-order chi connectivity index (χ0) is 20.5. The zero-order valence-corrected chi connectivity index (χ0v) is 17.1. The minimum atomic E-state index is -2.38. The number of fused-ring (bicyclic) bond motifs is 1. The summed E-state index contributed by atoms with van der Waals surface area (Å²) in [6.45, 7) is 6.35. The Labute approximate surface area is 170 Å². The van der Waals surface area contributed by atoms with Gasteiger partial charge in [0.15, 0.2) is 0 Å². The molecular weight excluding hydrogens is 376 g/mol. The first-order valence-corrected chi connectivity index (χ1v) is 10.5. The molecule has 29 heavy (non-hydrogen) atoms. The molecule has 0 saturated carbocycles. The number of hydrogen-bond acceptors (Lipinski definition) is 3. The van der Waals surface area contributed by atoms with Gasteiger partial charge in [-0.2, -0.15) is 0 Å². The van der Waals surface area contributed by atoms with E-state index in [0.29, 0.717) is 0 Å². The maximum absolute atomic E-state index is 12.8. The fourth-order valence-electron chi connectivity index (χ4n) is 4.63. The molecule has 1 atom stereocenters. The van der Waals surface area contributed by atoms with Gasteiger partial charge in [-0.25, -0.2) is 8.78 Å². The summed E-state index contributed by atoms with van der Waals surface area (Å²) < 4.78 is 33.4. The van der Waals surface area contributed by atoms with Crippen molar-refractivity contribution in [3.05, 3.63) is 30.5 Å². The second-order valence-electron chi connectivity index (χ2n) is 8.33. The second kappa shape index (κ2) is 8.30. The molecule has 2 fully saturated rings. The lowest BCUT2D eigenvalue weighted by Gasteiger charge is -2.35. The quantitative estimate of drug-likeness (QED) is 0.735. The first kappa shape index (κ1) is 20.1. The minimum Gasteiger partial charge on any atom is -0.490 e. The molecule has 2 saturated heterocycles. The lowest BCUT2D eigenvalue weighted by atomic mass is 10.0. The molecule has 0 aliphatic carbocycles. The van der Waals surface area contributed by atoms with Crippen molar-refractivity contribution in [1.29, 1.82) is 0 Å². The van der Waals surface area contributed by atoms with Crippen molar-refractivity contribution in [2.75, 3.05) is 19.6 Å². The van der Waals surface area contributed by atoms with E-state index in [-0.39, 0.29) is 30.6 Å². The SMILES string of the molecule is CC(C)N1CCC(N2CCC(Oc3cccc4c3ccn4CC(F)F)CC2)C1=O. The molecule has 2 aliphatic rings. The standard InChI is InChI=1S/C22H29F2N3O2/c1-15(2)27-13-9-19(22(27)28)25-10-6-16(7-11-25)29-20-5-3-4-18-17(20)8-12-26(18)14-21(23)24/h3-5,8,12,15-16,19,21H,6-7,9-11,13-14H2,1-2H3. The number of ether oxygens (including phenoxy) is 1. The van der Waals surface area contributed by atoms with Gasteiger partial charge in [-0.1, -0.05) is 6.07 Å². The Morgan fingerprint density at radius 3 is 2.52 bits per heavy atom. The molecule has 2 aliphatic heterocycles. The monoisotopic (exact) mass is 405 g/mol. The molecule has 1 unspecified atom stereocenters. The van der Waals surface area contributed by atoms with Crippen molar-refractivity contribution in [2.45, 2.75) is 64.3 Å². The van der Waals surface area contributed by atoms with Crippen LogP contribution < -0.4 is 4.74 Å². The number of hydrogen-bond donors (Lipinski definition) is 0. The van der Waals surface area contributed by atoms with Crippen LogP contribution in [0.25, 0.3) is 10.9 Å². The number of rotatable bonds is 6. The summed E-state index contributed by atoms with van der Waals surface area (Å²) in [5, 5.41) is 0.870. The van der Waals surface area contributed by atoms with Crippen molar-refractivity contribution in [2.24, 2.45) is 0 Å². The predicted octanol–water partition coefficient (Wildman–Crippen LogP) is 3.76. The number of amides is 1. The van der Waals surface area contributed by atoms with Crippen LogP contribution in [0.4, 0.5) is 8.78 Å². The van der Waals surface area contributed by atoms with Gasteiger partial charge in [0.2, 0.25) is 5.91 Å². The van der Waals surface area contributed by atoms with Gasteiger partial charge in [0, 0.05) is 37.3 Å². The lowest BCUT2D eigenvalue weighted by molar-refractivity contribution is -0.134. The highest BCUT2D eigenvalue weighted by Crippen LogP contribution is 2.30. The van der Waals surface area contributed by atoms with E-state index in [2.05, 4.69) is 18.7 Å². The van der Waals surface area contributed by atoms with Crippen LogP contribution in [0, 0.1) is 0 Å². The average molecular weight is 405 g/mol. The van der Waals surface area contributed by atoms with E-state index in [1.54, 1.807) is 10.8 Å². The zero-order valence-electron chi connectivity index (χ0n) is 17.1. The summed E-state index contributed by atoms with van der Waals surface area (Å²) in [5.74, 6) is 1.00. The van der Waals surface area contributed by atoms with Crippen LogP contribution in [-0.4, -0.2) is 64.5 Å². The van der Waals surface area contributed by atoms with Crippen molar-refractivity contribution in [1.82, 2.24) is 14.4 Å². The fourth-order valence-corrected chi connectivity index (χ4v) is 4.63. The summed E-state index contributed by atoms with van der Waals surface area (Å²) in [4.78, 5) is 16.9. The first-order valence-electron chi connectivity index (χ1n) is 10.5. The molecule has 5 nitrogen and oxygen atoms in total. The maximum Gasteiger partial charge on any atom is 0.256 e. The minimum absolute atomic E-state index is 0.00478. The molecule has 0 spiro atoms. The highest BCUT2D eigenvalue weighted by Gasteiger charge is 2.38. The van der Waals surface area contributed by atoms with E-state index in [9.17, 15) is 13.6 Å². The van der Waals surface area contributed by atoms with Gasteiger partial charge in [0.1, 0.15) is 11.9 Å². The molecule has 3 heterocycles. The summed E-state index contributed by atoms with van der Waals surface area (Å²) in [7, 11) is 0. The van der Waals surface area contributed by atoms with E-state index in [4.69, 9.17) is 4.74 Å². The van der Waals surface area contributed by atoms with E-state index in [0.717, 1.165) is 55.5 Å². The van der Waals surface area contributed by atoms with Crippen molar-refractivity contribution in [3.63, 3.8) is 0 Å². The van der Waals surface area contributed by atoms with Gasteiger partial charge in [0.05, 0.1) is 18.1 Å². The topological polar surface area (TPSA) is 37.7 Å². The molecule has 7 heteroatoms. The molecule has 1 amide bonds. The number of halogens is 2. The summed E-state index contributed by atoms with van der Waals surface area (Å²) in [6, 6.07) is 7.71. The third-order valence-corrected chi connectivity index (χ3v) is 6.15. The van der Waals surface area contributed by atoms with Crippen LogP contribution in [0.1, 0.15) is 33.1 Å². The number of likely N-dealkylation sites (tertiary alicyclic amines) is 2. The molecular formula is C22H29F2N3O2. The van der Waals surface area contributed by atoms with Crippen LogP contribution in [-0.2, 0) is 11.3 Å². The van der Waals surface area contributed by atoms with E-state index < -0.39 is 6.43 Å². The third-order valence-electron chi connectivity index (χ3n) is 6.15. The van der Waals surface area contributed by atoms with Gasteiger partial charge >= 0.3 is 0 Å². The normalized spacial score (nSPS) is 21.8. The number of piperidine rings is 1. The van der Waals surface area contributed by atoms with Crippen LogP contribution in [0.2, 0.25) is 0 Å². The van der Waals surface area contributed by atoms with Crippen molar-refractivity contribution in [3.8, 4) is 5.75 Å². The molecule has 0 N–H and O–H groups in total. The Morgan fingerprint density at radius 1 is 1.10 bits per heavy atom. The highest BCUT2D eigenvalue weighted by molar-refractivity contribution is 5.86. The second-order valence-corrected chi connectivity index (χ2v) is 8.33. The summed E-state index contributed by atoms with van der Waals surface area (Å²) >= 11 is 0. The number of aromatic nitrogens is 1. The van der Waals surface area contributed by atoms with Crippen LogP contribution in [0.15, 0.2) is 30.5 Å². The number of nitrogens with zero attached hydrogens (tertiary/aromatic N) is 3. The van der Waals surface area contributed by atoms with Crippen LogP contribution in [0.3, 0.4) is 0 Å². The molecule has 158 valence electrons. The number of carbonyl (C=O) groups is 1. The van der Waals surface area contributed by atoms with Gasteiger partial charge < -0.3 is 14.2 Å². The third kappa shape index (κ3) is 4.10. The van der Waals surface area contributed by atoms with Gasteiger partial charge in [-0.15, -0.1) is 0 Å².